The van der Waals surface area contributed by atoms with Crippen LogP contribution >= 0.6 is 0 Å². The lowest BCUT2D eigenvalue weighted by Gasteiger charge is -2.44. The van der Waals surface area contributed by atoms with Crippen LogP contribution in [0.15, 0.2) is 30.3 Å². The summed E-state index contributed by atoms with van der Waals surface area (Å²) in [5.74, 6) is 0.540. The summed E-state index contributed by atoms with van der Waals surface area (Å²) < 4.78 is 12.3. The first-order valence-electron chi connectivity index (χ1n) is 10.9. The molecule has 1 aromatic carbocycles. The third-order valence-corrected chi connectivity index (χ3v) is 6.36. The molecule has 1 fully saturated rings. The molecule has 2 rings (SSSR count). The molecule has 1 aliphatic rings. The Balaban J connectivity index is 2.13. The molecule has 1 aliphatic carbocycles. The van der Waals surface area contributed by atoms with Gasteiger partial charge in [0.1, 0.15) is 0 Å². The molecule has 148 valence electrons. The smallest absolute Gasteiger partial charge is 0.197 e. The molecule has 26 heavy (non-hydrogen) atoms. The molecule has 0 amide bonds. The van der Waals surface area contributed by atoms with Gasteiger partial charge >= 0.3 is 0 Å². The summed E-state index contributed by atoms with van der Waals surface area (Å²) >= 11 is 0. The van der Waals surface area contributed by atoms with Crippen LogP contribution in [0.2, 0.25) is 0 Å². The predicted molar refractivity (Wildman–Crippen MR) is 110 cm³/mol. The lowest BCUT2D eigenvalue weighted by molar-refractivity contribution is -0.263. The van der Waals surface area contributed by atoms with Crippen molar-refractivity contribution in [2.75, 3.05) is 14.2 Å². The second kappa shape index (κ2) is 11.8. The molecule has 0 N–H and O–H groups in total. The summed E-state index contributed by atoms with van der Waals surface area (Å²) in [4.78, 5) is 0. The molecule has 2 heteroatoms. The molecule has 1 aromatic rings. The Hall–Kier alpha value is -0.860. The minimum atomic E-state index is -0.604. The van der Waals surface area contributed by atoms with Crippen molar-refractivity contribution >= 4 is 0 Å². The van der Waals surface area contributed by atoms with Gasteiger partial charge in [-0.2, -0.15) is 0 Å². The fourth-order valence-corrected chi connectivity index (χ4v) is 4.92. The van der Waals surface area contributed by atoms with Crippen molar-refractivity contribution in [3.8, 4) is 0 Å². The summed E-state index contributed by atoms with van der Waals surface area (Å²) in [5, 5.41) is 0. The van der Waals surface area contributed by atoms with Crippen LogP contribution in [0.5, 0.6) is 0 Å². The van der Waals surface area contributed by atoms with E-state index in [1.54, 1.807) is 0 Å². The Morgan fingerprint density at radius 2 is 1.50 bits per heavy atom. The zero-order valence-electron chi connectivity index (χ0n) is 17.3. The molecule has 0 radical (unpaired) electrons. The molecule has 0 saturated heterocycles. The molecule has 0 heterocycles. The zero-order valence-corrected chi connectivity index (χ0v) is 17.3. The van der Waals surface area contributed by atoms with Crippen molar-refractivity contribution in [1.82, 2.24) is 0 Å². The zero-order chi connectivity index (χ0) is 18.7. The van der Waals surface area contributed by atoms with Crippen LogP contribution in [0, 0.1) is 11.8 Å². The number of ether oxygens (including phenoxy) is 2. The lowest BCUT2D eigenvalue weighted by atomic mass is 9.72. The highest BCUT2D eigenvalue weighted by atomic mass is 16.7. The molecular weight excluding hydrogens is 320 g/mol. The van der Waals surface area contributed by atoms with E-state index in [0.29, 0.717) is 11.8 Å². The topological polar surface area (TPSA) is 18.5 Å². The largest absolute Gasteiger partial charge is 0.349 e. The highest BCUT2D eigenvalue weighted by molar-refractivity contribution is 5.22. The molecule has 1 unspecified atom stereocenters. The summed E-state index contributed by atoms with van der Waals surface area (Å²) in [6, 6.07) is 10.6. The molecule has 0 aliphatic heterocycles. The van der Waals surface area contributed by atoms with Crippen LogP contribution in [-0.2, 0) is 15.3 Å². The van der Waals surface area contributed by atoms with Crippen molar-refractivity contribution in [3.63, 3.8) is 0 Å². The minimum absolute atomic E-state index is 0.436. The highest BCUT2D eigenvalue weighted by Gasteiger charge is 2.44. The molecule has 1 saturated carbocycles. The summed E-state index contributed by atoms with van der Waals surface area (Å²) in [6.07, 6.45) is 16.0. The van der Waals surface area contributed by atoms with Gasteiger partial charge in [0, 0.05) is 25.7 Å². The fraction of sp³-hybridized carbons (Fsp3) is 0.750. The normalized spacial score (nSPS) is 17.3. The standard InChI is InChI=1S/C24H40O2/c1-4-5-6-7-8-15-20-23(21-16-11-9-12-17-21)24(25-2,26-3)22-18-13-10-14-19-22/h10,13-14,18-19,21,23H,4-9,11-12,15-17,20H2,1-3H3. The lowest BCUT2D eigenvalue weighted by Crippen LogP contribution is -2.43. The van der Waals surface area contributed by atoms with Gasteiger partial charge in [0.15, 0.2) is 5.79 Å². The van der Waals surface area contributed by atoms with E-state index in [1.807, 2.05) is 14.2 Å². The van der Waals surface area contributed by atoms with Gasteiger partial charge in [0.2, 0.25) is 0 Å². The van der Waals surface area contributed by atoms with Gasteiger partial charge in [-0.05, 0) is 25.2 Å². The third-order valence-electron chi connectivity index (χ3n) is 6.36. The first-order chi connectivity index (χ1) is 12.8. The molecule has 0 aromatic heterocycles. The summed E-state index contributed by atoms with van der Waals surface area (Å²) in [7, 11) is 3.65. The van der Waals surface area contributed by atoms with Gasteiger partial charge in [-0.1, -0.05) is 95.0 Å². The monoisotopic (exact) mass is 360 g/mol. The number of benzene rings is 1. The van der Waals surface area contributed by atoms with Gasteiger partial charge in [0.25, 0.3) is 0 Å². The molecule has 0 spiro atoms. The maximum atomic E-state index is 6.16. The second-order valence-electron chi connectivity index (χ2n) is 8.00. The van der Waals surface area contributed by atoms with Gasteiger partial charge < -0.3 is 9.47 Å². The average Bonchev–Trinajstić information content (AvgIpc) is 2.71. The van der Waals surface area contributed by atoms with E-state index in [1.165, 1.54) is 82.6 Å². The van der Waals surface area contributed by atoms with E-state index >= 15 is 0 Å². The average molecular weight is 361 g/mol. The Morgan fingerprint density at radius 3 is 2.12 bits per heavy atom. The number of hydrogen-bond donors (Lipinski definition) is 0. The van der Waals surface area contributed by atoms with Gasteiger partial charge in [0.05, 0.1) is 0 Å². The third kappa shape index (κ3) is 5.57. The fourth-order valence-electron chi connectivity index (χ4n) is 4.92. The predicted octanol–water partition coefficient (Wildman–Crippen LogP) is 7.08. The Bertz CT molecular complexity index is 460. The Kier molecular flexibility index (Phi) is 9.71. The highest BCUT2D eigenvalue weighted by Crippen LogP contribution is 2.46. The summed E-state index contributed by atoms with van der Waals surface area (Å²) in [5.41, 5.74) is 1.17. The van der Waals surface area contributed by atoms with Crippen LogP contribution in [0.1, 0.15) is 89.5 Å². The number of unbranched alkanes of at least 4 members (excludes halogenated alkanes) is 5. The number of methoxy groups -OCH3 is 2. The van der Waals surface area contributed by atoms with Crippen molar-refractivity contribution < 1.29 is 9.47 Å². The molecular formula is C24H40O2. The quantitative estimate of drug-likeness (QED) is 0.293. The first-order valence-corrected chi connectivity index (χ1v) is 10.9. The molecule has 2 nitrogen and oxygen atoms in total. The molecule has 1 atom stereocenters. The van der Waals surface area contributed by atoms with Crippen LogP contribution in [0.3, 0.4) is 0 Å². The van der Waals surface area contributed by atoms with Gasteiger partial charge in [-0.25, -0.2) is 0 Å². The van der Waals surface area contributed by atoms with Crippen molar-refractivity contribution in [1.29, 1.82) is 0 Å². The van der Waals surface area contributed by atoms with E-state index < -0.39 is 5.79 Å². The van der Waals surface area contributed by atoms with E-state index in [9.17, 15) is 0 Å². The van der Waals surface area contributed by atoms with E-state index in [2.05, 4.69) is 37.3 Å². The van der Waals surface area contributed by atoms with Crippen molar-refractivity contribution in [2.24, 2.45) is 11.8 Å². The Labute approximate surface area is 161 Å². The maximum Gasteiger partial charge on any atom is 0.197 e. The van der Waals surface area contributed by atoms with Crippen LogP contribution in [0.25, 0.3) is 0 Å². The van der Waals surface area contributed by atoms with Crippen molar-refractivity contribution in [2.45, 2.75) is 89.8 Å². The van der Waals surface area contributed by atoms with Crippen LogP contribution < -0.4 is 0 Å². The first kappa shape index (κ1) is 21.4. The maximum absolute atomic E-state index is 6.16. The van der Waals surface area contributed by atoms with E-state index in [4.69, 9.17) is 9.47 Å². The van der Waals surface area contributed by atoms with Gasteiger partial charge in [-0.3, -0.25) is 0 Å². The SMILES string of the molecule is CCCCCCCCC(C1CCCCC1)C(OC)(OC)c1ccccc1. The van der Waals surface area contributed by atoms with Crippen molar-refractivity contribution in [3.05, 3.63) is 35.9 Å². The number of rotatable bonds is 12. The Morgan fingerprint density at radius 1 is 0.885 bits per heavy atom. The number of hydrogen-bond acceptors (Lipinski definition) is 2. The molecule has 0 bridgehead atoms. The van der Waals surface area contributed by atoms with Crippen LogP contribution in [-0.4, -0.2) is 14.2 Å². The minimum Gasteiger partial charge on any atom is -0.349 e. The second-order valence-corrected chi connectivity index (χ2v) is 8.00. The van der Waals surface area contributed by atoms with Gasteiger partial charge in [-0.15, -0.1) is 0 Å². The van der Waals surface area contributed by atoms with Crippen LogP contribution in [0.4, 0.5) is 0 Å². The van der Waals surface area contributed by atoms with E-state index in [-0.39, 0.29) is 0 Å². The summed E-state index contributed by atoms with van der Waals surface area (Å²) in [6.45, 7) is 2.28. The van der Waals surface area contributed by atoms with E-state index in [0.717, 1.165) is 0 Å².